The number of ether oxygens (including phenoxy) is 4. The number of hydrogen-bond donors (Lipinski definition) is 0. The summed E-state index contributed by atoms with van der Waals surface area (Å²) in [5.41, 5.74) is 2.28. The molecule has 0 saturated carbocycles. The summed E-state index contributed by atoms with van der Waals surface area (Å²) < 4.78 is 27.9. The van der Waals surface area contributed by atoms with E-state index < -0.39 is 0 Å². The zero-order chi connectivity index (χ0) is 21.1. The molecule has 1 unspecified atom stereocenters. The molecular formula is C22H28N2O6. The van der Waals surface area contributed by atoms with Crippen molar-refractivity contribution in [2.75, 3.05) is 33.4 Å². The summed E-state index contributed by atoms with van der Waals surface area (Å²) in [5.74, 6) is 2.01. The van der Waals surface area contributed by atoms with Crippen LogP contribution in [0.25, 0.3) is 0 Å². The van der Waals surface area contributed by atoms with Gasteiger partial charge in [0.15, 0.2) is 17.8 Å². The Morgan fingerprint density at radius 1 is 1.23 bits per heavy atom. The molecule has 3 heterocycles. The zero-order valence-electron chi connectivity index (χ0n) is 17.7. The van der Waals surface area contributed by atoms with Gasteiger partial charge in [-0.3, -0.25) is 4.79 Å². The van der Waals surface area contributed by atoms with Crippen LogP contribution in [-0.2, 0) is 16.1 Å². The Balaban J connectivity index is 1.44. The van der Waals surface area contributed by atoms with Crippen LogP contribution in [-0.4, -0.2) is 55.7 Å². The van der Waals surface area contributed by atoms with E-state index in [0.29, 0.717) is 43.4 Å². The average molecular weight is 416 g/mol. The fourth-order valence-electron chi connectivity index (χ4n) is 4.03. The summed E-state index contributed by atoms with van der Waals surface area (Å²) in [7, 11) is 1.57. The topological polar surface area (TPSA) is 83.3 Å². The molecule has 1 atom stereocenters. The van der Waals surface area contributed by atoms with Crippen molar-refractivity contribution in [3.05, 3.63) is 40.8 Å². The van der Waals surface area contributed by atoms with E-state index in [1.54, 1.807) is 25.3 Å². The molecule has 2 saturated heterocycles. The van der Waals surface area contributed by atoms with Crippen LogP contribution < -0.4 is 9.47 Å². The fraction of sp³-hybridized carbons (Fsp3) is 0.545. The van der Waals surface area contributed by atoms with Crippen molar-refractivity contribution < 1.29 is 28.3 Å². The lowest BCUT2D eigenvalue weighted by Gasteiger charge is -2.34. The number of rotatable bonds is 6. The number of likely N-dealkylation sites (tertiary alicyclic amines) is 1. The van der Waals surface area contributed by atoms with E-state index in [1.165, 1.54) is 0 Å². The molecular weight excluding hydrogens is 388 g/mol. The van der Waals surface area contributed by atoms with Gasteiger partial charge >= 0.3 is 0 Å². The molecule has 0 radical (unpaired) electrons. The van der Waals surface area contributed by atoms with Gasteiger partial charge in [-0.15, -0.1) is 0 Å². The van der Waals surface area contributed by atoms with Gasteiger partial charge in [0.2, 0.25) is 0 Å². The maximum Gasteiger partial charge on any atom is 0.254 e. The summed E-state index contributed by atoms with van der Waals surface area (Å²) in [5, 5.41) is 3.94. The van der Waals surface area contributed by atoms with Gasteiger partial charge in [-0.1, -0.05) is 5.16 Å². The molecule has 2 aromatic rings. The number of aryl methyl sites for hydroxylation is 2. The van der Waals surface area contributed by atoms with Crippen molar-refractivity contribution in [1.82, 2.24) is 10.1 Å². The van der Waals surface area contributed by atoms with Crippen LogP contribution in [0.3, 0.4) is 0 Å². The highest BCUT2D eigenvalue weighted by molar-refractivity contribution is 5.95. The third-order valence-corrected chi connectivity index (χ3v) is 5.74. The van der Waals surface area contributed by atoms with Crippen molar-refractivity contribution >= 4 is 5.91 Å². The maximum atomic E-state index is 13.1. The van der Waals surface area contributed by atoms with E-state index in [2.05, 4.69) is 5.16 Å². The first-order valence-electron chi connectivity index (χ1n) is 10.3. The first-order valence-corrected chi connectivity index (χ1v) is 10.3. The maximum absolute atomic E-state index is 13.1. The van der Waals surface area contributed by atoms with Gasteiger partial charge in [0.25, 0.3) is 5.91 Å². The van der Waals surface area contributed by atoms with Gasteiger partial charge in [-0.2, -0.15) is 0 Å². The molecule has 0 N–H and O–H groups in total. The highest BCUT2D eigenvalue weighted by Gasteiger charge is 2.33. The average Bonchev–Trinajstić information content (AvgIpc) is 3.42. The zero-order valence-corrected chi connectivity index (χ0v) is 17.7. The van der Waals surface area contributed by atoms with Crippen LogP contribution in [0.15, 0.2) is 22.7 Å². The van der Waals surface area contributed by atoms with E-state index in [4.69, 9.17) is 23.5 Å². The predicted octanol–water partition coefficient (Wildman–Crippen LogP) is 3.10. The molecule has 0 bridgehead atoms. The molecule has 4 rings (SSSR count). The number of hydrogen-bond acceptors (Lipinski definition) is 7. The van der Waals surface area contributed by atoms with Crippen molar-refractivity contribution in [3.8, 4) is 11.5 Å². The molecule has 2 fully saturated rings. The minimum absolute atomic E-state index is 0.0201. The molecule has 30 heavy (non-hydrogen) atoms. The van der Waals surface area contributed by atoms with Gasteiger partial charge in [-0.05, 0) is 44.9 Å². The summed E-state index contributed by atoms with van der Waals surface area (Å²) in [4.78, 5) is 15.0. The molecule has 2 aliphatic heterocycles. The molecule has 2 aliphatic rings. The SMILES string of the molecule is COc1cc(C(=O)N2CCCC(C3OCCO3)C2)ccc1OCc1c(C)noc1C. The van der Waals surface area contributed by atoms with E-state index in [-0.39, 0.29) is 18.1 Å². The number of piperidine rings is 1. The van der Waals surface area contributed by atoms with E-state index >= 15 is 0 Å². The minimum atomic E-state index is -0.199. The van der Waals surface area contributed by atoms with Crippen molar-refractivity contribution in [2.24, 2.45) is 5.92 Å². The highest BCUT2D eigenvalue weighted by atomic mass is 16.7. The normalized spacial score (nSPS) is 19.8. The fourth-order valence-corrected chi connectivity index (χ4v) is 4.03. The number of aromatic nitrogens is 1. The van der Waals surface area contributed by atoms with Crippen molar-refractivity contribution in [3.63, 3.8) is 0 Å². The Morgan fingerprint density at radius 2 is 2.03 bits per heavy atom. The Labute approximate surface area is 176 Å². The van der Waals surface area contributed by atoms with Crippen LogP contribution in [0.2, 0.25) is 0 Å². The van der Waals surface area contributed by atoms with E-state index in [0.717, 1.165) is 36.4 Å². The van der Waals surface area contributed by atoms with Gasteiger partial charge < -0.3 is 28.4 Å². The smallest absolute Gasteiger partial charge is 0.254 e. The van der Waals surface area contributed by atoms with Gasteiger partial charge in [0, 0.05) is 24.6 Å². The highest BCUT2D eigenvalue weighted by Crippen LogP contribution is 2.31. The monoisotopic (exact) mass is 416 g/mol. The second kappa shape index (κ2) is 9.06. The minimum Gasteiger partial charge on any atom is -0.493 e. The molecule has 1 aromatic heterocycles. The molecule has 1 amide bonds. The lowest BCUT2D eigenvalue weighted by Crippen LogP contribution is -2.43. The Morgan fingerprint density at radius 3 is 2.73 bits per heavy atom. The lowest BCUT2D eigenvalue weighted by molar-refractivity contribution is -0.0969. The molecule has 8 heteroatoms. The van der Waals surface area contributed by atoms with E-state index in [9.17, 15) is 4.79 Å². The first-order chi connectivity index (χ1) is 14.6. The van der Waals surface area contributed by atoms with Crippen LogP contribution in [0, 0.1) is 19.8 Å². The number of methoxy groups -OCH3 is 1. The summed E-state index contributed by atoms with van der Waals surface area (Å²) in [6, 6.07) is 5.28. The second-order valence-corrected chi connectivity index (χ2v) is 7.72. The van der Waals surface area contributed by atoms with Gasteiger partial charge in [0.1, 0.15) is 12.4 Å². The Hall–Kier alpha value is -2.58. The number of benzene rings is 1. The quantitative estimate of drug-likeness (QED) is 0.715. The molecule has 0 aliphatic carbocycles. The van der Waals surface area contributed by atoms with Crippen LogP contribution >= 0.6 is 0 Å². The summed E-state index contributed by atoms with van der Waals surface area (Å²) in [6.45, 7) is 6.67. The van der Waals surface area contributed by atoms with Gasteiger partial charge in [-0.25, -0.2) is 0 Å². The predicted molar refractivity (Wildman–Crippen MR) is 108 cm³/mol. The Bertz CT molecular complexity index is 870. The molecule has 162 valence electrons. The molecule has 1 aromatic carbocycles. The van der Waals surface area contributed by atoms with Crippen LogP contribution in [0.4, 0.5) is 0 Å². The van der Waals surface area contributed by atoms with Crippen molar-refractivity contribution in [1.29, 1.82) is 0 Å². The van der Waals surface area contributed by atoms with Gasteiger partial charge in [0.05, 0.1) is 31.6 Å². The van der Waals surface area contributed by atoms with Crippen molar-refractivity contribution in [2.45, 2.75) is 39.6 Å². The number of amides is 1. The molecule has 0 spiro atoms. The first kappa shape index (κ1) is 20.7. The standard InChI is InChI=1S/C22H28N2O6/c1-14-18(15(2)30-23-14)13-29-19-7-6-16(11-20(19)26-3)21(25)24-8-4-5-17(12-24)22-27-9-10-28-22/h6-7,11,17,22H,4-5,8-10,12-13H2,1-3H3. The number of carbonyl (C=O) groups excluding carboxylic acids is 1. The lowest BCUT2D eigenvalue weighted by atomic mass is 9.96. The second-order valence-electron chi connectivity index (χ2n) is 7.72. The third kappa shape index (κ3) is 4.29. The van der Waals surface area contributed by atoms with Crippen LogP contribution in [0.1, 0.15) is 40.2 Å². The third-order valence-electron chi connectivity index (χ3n) is 5.74. The summed E-state index contributed by atoms with van der Waals surface area (Å²) >= 11 is 0. The van der Waals surface area contributed by atoms with Crippen LogP contribution in [0.5, 0.6) is 11.5 Å². The van der Waals surface area contributed by atoms with E-state index in [1.807, 2.05) is 18.7 Å². The Kier molecular flexibility index (Phi) is 6.24. The largest absolute Gasteiger partial charge is 0.493 e. The summed E-state index contributed by atoms with van der Waals surface area (Å²) in [6.07, 6.45) is 1.75. The number of nitrogens with zero attached hydrogens (tertiary/aromatic N) is 2. The molecule has 8 nitrogen and oxygen atoms in total. The number of carbonyl (C=O) groups is 1.